The molecule has 0 spiro atoms. The minimum atomic E-state index is -0.495. The third kappa shape index (κ3) is 2.74. The maximum Gasteiger partial charge on any atom is 0.262 e. The van der Waals surface area contributed by atoms with Gasteiger partial charge in [-0.05, 0) is 37.1 Å². The van der Waals surface area contributed by atoms with Crippen molar-refractivity contribution in [3.8, 4) is 0 Å². The van der Waals surface area contributed by atoms with Crippen molar-refractivity contribution in [3.05, 3.63) is 21.9 Å². The first-order valence-corrected chi connectivity index (χ1v) is 6.97. The van der Waals surface area contributed by atoms with Gasteiger partial charge in [0.1, 0.15) is 0 Å². The van der Waals surface area contributed by atoms with Gasteiger partial charge < -0.3 is 15.2 Å². The number of methoxy groups -OCH3 is 1. The van der Waals surface area contributed by atoms with E-state index in [-0.39, 0.29) is 12.5 Å². The first kappa shape index (κ1) is 13.5. The van der Waals surface area contributed by atoms with Crippen LogP contribution in [-0.4, -0.2) is 30.3 Å². The molecule has 0 bridgehead atoms. The van der Waals surface area contributed by atoms with Crippen LogP contribution in [0, 0.1) is 5.92 Å². The molecular formula is C13H19NO3S. The highest BCUT2D eigenvalue weighted by molar-refractivity contribution is 7.12. The smallest absolute Gasteiger partial charge is 0.262 e. The fourth-order valence-electron chi connectivity index (χ4n) is 2.11. The number of rotatable bonds is 6. The molecule has 0 aliphatic heterocycles. The van der Waals surface area contributed by atoms with Crippen molar-refractivity contribution in [2.75, 3.05) is 13.7 Å². The quantitative estimate of drug-likeness (QED) is 0.827. The molecule has 1 fully saturated rings. The van der Waals surface area contributed by atoms with Gasteiger partial charge in [0, 0.05) is 12.7 Å². The summed E-state index contributed by atoms with van der Waals surface area (Å²) in [4.78, 5) is 12.9. The van der Waals surface area contributed by atoms with E-state index < -0.39 is 5.54 Å². The molecule has 1 amide bonds. The van der Waals surface area contributed by atoms with Crippen LogP contribution in [0.15, 0.2) is 11.4 Å². The molecule has 18 heavy (non-hydrogen) atoms. The SMILES string of the molecule is COCc1ccsc1C(=O)NC(C)(CO)C1CC1. The van der Waals surface area contributed by atoms with Crippen molar-refractivity contribution in [1.82, 2.24) is 5.32 Å². The highest BCUT2D eigenvalue weighted by Gasteiger charge is 2.42. The molecule has 0 saturated heterocycles. The highest BCUT2D eigenvalue weighted by Crippen LogP contribution is 2.39. The summed E-state index contributed by atoms with van der Waals surface area (Å²) in [6.07, 6.45) is 2.15. The van der Waals surface area contributed by atoms with Crippen LogP contribution in [0.2, 0.25) is 0 Å². The molecule has 100 valence electrons. The zero-order valence-corrected chi connectivity index (χ0v) is 11.5. The minimum Gasteiger partial charge on any atom is -0.394 e. The van der Waals surface area contributed by atoms with Gasteiger partial charge in [-0.1, -0.05) is 0 Å². The molecule has 0 aromatic carbocycles. The van der Waals surface area contributed by atoms with E-state index in [1.165, 1.54) is 11.3 Å². The third-order valence-corrected chi connectivity index (χ3v) is 4.41. The lowest BCUT2D eigenvalue weighted by Gasteiger charge is -2.28. The van der Waals surface area contributed by atoms with E-state index in [2.05, 4.69) is 5.32 Å². The monoisotopic (exact) mass is 269 g/mol. The Bertz CT molecular complexity index is 428. The van der Waals surface area contributed by atoms with Crippen LogP contribution in [0.5, 0.6) is 0 Å². The van der Waals surface area contributed by atoms with Gasteiger partial charge in [0.2, 0.25) is 0 Å². The summed E-state index contributed by atoms with van der Waals surface area (Å²) in [6, 6.07) is 1.90. The van der Waals surface area contributed by atoms with Crippen LogP contribution in [0.4, 0.5) is 0 Å². The Morgan fingerprint density at radius 3 is 2.94 bits per heavy atom. The molecule has 2 N–H and O–H groups in total. The summed E-state index contributed by atoms with van der Waals surface area (Å²) >= 11 is 1.41. The van der Waals surface area contributed by atoms with Gasteiger partial charge in [-0.15, -0.1) is 11.3 Å². The number of thiophene rings is 1. The van der Waals surface area contributed by atoms with E-state index in [0.717, 1.165) is 18.4 Å². The van der Waals surface area contributed by atoms with Crippen LogP contribution in [0.1, 0.15) is 35.0 Å². The first-order chi connectivity index (χ1) is 8.60. The first-order valence-electron chi connectivity index (χ1n) is 6.09. The molecule has 1 aromatic heterocycles. The number of amides is 1. The molecule has 1 heterocycles. The van der Waals surface area contributed by atoms with Gasteiger partial charge in [0.15, 0.2) is 0 Å². The third-order valence-electron chi connectivity index (χ3n) is 3.46. The molecule has 1 saturated carbocycles. The van der Waals surface area contributed by atoms with Crippen molar-refractivity contribution in [1.29, 1.82) is 0 Å². The predicted octanol–water partition coefficient (Wildman–Crippen LogP) is 1.79. The number of carbonyl (C=O) groups is 1. The van der Waals surface area contributed by atoms with Gasteiger partial charge in [-0.3, -0.25) is 4.79 Å². The number of carbonyl (C=O) groups excluding carboxylic acids is 1. The number of hydrogen-bond acceptors (Lipinski definition) is 4. The molecule has 4 nitrogen and oxygen atoms in total. The maximum absolute atomic E-state index is 12.2. The second kappa shape index (κ2) is 5.38. The van der Waals surface area contributed by atoms with Crippen molar-refractivity contribution >= 4 is 17.2 Å². The zero-order chi connectivity index (χ0) is 13.2. The average molecular weight is 269 g/mol. The summed E-state index contributed by atoms with van der Waals surface area (Å²) in [5, 5.41) is 14.3. The molecule has 2 rings (SSSR count). The second-order valence-electron chi connectivity index (χ2n) is 5.01. The number of aliphatic hydroxyl groups is 1. The van der Waals surface area contributed by atoms with Crippen molar-refractivity contribution in [2.45, 2.75) is 31.9 Å². The summed E-state index contributed by atoms with van der Waals surface area (Å²) in [6.45, 7) is 2.33. The van der Waals surface area contributed by atoms with E-state index >= 15 is 0 Å². The molecule has 1 atom stereocenters. The fraction of sp³-hybridized carbons (Fsp3) is 0.615. The van der Waals surface area contributed by atoms with Crippen molar-refractivity contribution in [3.63, 3.8) is 0 Å². The summed E-state index contributed by atoms with van der Waals surface area (Å²) in [5.74, 6) is 0.290. The van der Waals surface area contributed by atoms with Gasteiger partial charge in [0.25, 0.3) is 5.91 Å². The standard InChI is InChI=1S/C13H19NO3S/c1-13(8-15,10-3-4-10)14-12(16)11-9(7-17-2)5-6-18-11/h5-6,10,15H,3-4,7-8H2,1-2H3,(H,14,16). The van der Waals surface area contributed by atoms with E-state index in [4.69, 9.17) is 4.74 Å². The van der Waals surface area contributed by atoms with Gasteiger partial charge >= 0.3 is 0 Å². The Morgan fingerprint density at radius 2 is 2.39 bits per heavy atom. The van der Waals surface area contributed by atoms with E-state index in [9.17, 15) is 9.90 Å². The number of nitrogens with one attached hydrogen (secondary N) is 1. The zero-order valence-electron chi connectivity index (χ0n) is 10.7. The summed E-state index contributed by atoms with van der Waals surface area (Å²) < 4.78 is 5.07. The number of hydrogen-bond donors (Lipinski definition) is 2. The minimum absolute atomic E-state index is 0.0195. The highest BCUT2D eigenvalue weighted by atomic mass is 32.1. The van der Waals surface area contributed by atoms with E-state index in [1.54, 1.807) is 7.11 Å². The van der Waals surface area contributed by atoms with E-state index in [0.29, 0.717) is 17.4 Å². The lowest BCUT2D eigenvalue weighted by Crippen LogP contribution is -2.50. The largest absolute Gasteiger partial charge is 0.394 e. The topological polar surface area (TPSA) is 58.6 Å². The average Bonchev–Trinajstić information content (AvgIpc) is 3.11. The Morgan fingerprint density at radius 1 is 1.67 bits per heavy atom. The fourth-order valence-corrected chi connectivity index (χ4v) is 2.92. The normalized spacial score (nSPS) is 18.4. The Labute approximate surface area is 111 Å². The summed E-state index contributed by atoms with van der Waals surface area (Å²) in [5.41, 5.74) is 0.405. The van der Waals surface area contributed by atoms with Gasteiger partial charge in [-0.25, -0.2) is 0 Å². The maximum atomic E-state index is 12.2. The van der Waals surface area contributed by atoms with Gasteiger partial charge in [0.05, 0.1) is 23.6 Å². The van der Waals surface area contributed by atoms with Crippen molar-refractivity contribution in [2.24, 2.45) is 5.92 Å². The number of ether oxygens (including phenoxy) is 1. The second-order valence-corrected chi connectivity index (χ2v) is 5.93. The van der Waals surface area contributed by atoms with Gasteiger partial charge in [-0.2, -0.15) is 0 Å². The molecule has 5 heteroatoms. The van der Waals surface area contributed by atoms with Crippen LogP contribution in [0.25, 0.3) is 0 Å². The Balaban J connectivity index is 2.08. The number of aliphatic hydroxyl groups excluding tert-OH is 1. The Hall–Kier alpha value is -0.910. The molecule has 1 aliphatic carbocycles. The van der Waals surface area contributed by atoms with Crippen LogP contribution in [-0.2, 0) is 11.3 Å². The lowest BCUT2D eigenvalue weighted by atomic mass is 9.97. The molecular weight excluding hydrogens is 250 g/mol. The molecule has 0 radical (unpaired) electrons. The molecule has 1 unspecified atom stereocenters. The van der Waals surface area contributed by atoms with E-state index in [1.807, 2.05) is 18.4 Å². The lowest BCUT2D eigenvalue weighted by molar-refractivity contribution is 0.0824. The molecule has 1 aromatic rings. The van der Waals surface area contributed by atoms with Crippen molar-refractivity contribution < 1.29 is 14.6 Å². The van der Waals surface area contributed by atoms with Crippen LogP contribution >= 0.6 is 11.3 Å². The van der Waals surface area contributed by atoms with Crippen LogP contribution in [0.3, 0.4) is 0 Å². The summed E-state index contributed by atoms with van der Waals surface area (Å²) in [7, 11) is 1.61. The predicted molar refractivity (Wildman–Crippen MR) is 70.7 cm³/mol. The molecule has 1 aliphatic rings. The van der Waals surface area contributed by atoms with Crippen LogP contribution < -0.4 is 5.32 Å². The Kier molecular flexibility index (Phi) is 4.04.